The van der Waals surface area contributed by atoms with Crippen molar-refractivity contribution in [3.8, 4) is 17.2 Å². The van der Waals surface area contributed by atoms with Gasteiger partial charge in [0.2, 0.25) is 11.8 Å². The molecule has 1 amide bonds. The fourth-order valence-corrected chi connectivity index (χ4v) is 2.80. The summed E-state index contributed by atoms with van der Waals surface area (Å²) in [6.07, 6.45) is 3.27. The van der Waals surface area contributed by atoms with Crippen molar-refractivity contribution in [2.75, 3.05) is 12.4 Å². The van der Waals surface area contributed by atoms with Gasteiger partial charge in [0.15, 0.2) is 5.58 Å². The van der Waals surface area contributed by atoms with Crippen molar-refractivity contribution in [2.24, 2.45) is 0 Å². The summed E-state index contributed by atoms with van der Waals surface area (Å²) >= 11 is 0. The number of carbonyl (C=O) groups excluding carboxylic acids is 1. The predicted molar refractivity (Wildman–Crippen MR) is 110 cm³/mol. The number of hydrogen-bond donors (Lipinski definition) is 1. The predicted octanol–water partition coefficient (Wildman–Crippen LogP) is 5.16. The lowest BCUT2D eigenvalue weighted by atomic mass is 10.2. The second kappa shape index (κ2) is 7.80. The number of ether oxygens (including phenoxy) is 1. The lowest BCUT2D eigenvalue weighted by molar-refractivity contribution is -0.111. The maximum absolute atomic E-state index is 12.2. The first-order valence-corrected chi connectivity index (χ1v) is 8.80. The van der Waals surface area contributed by atoms with Gasteiger partial charge in [-0.25, -0.2) is 4.98 Å². The summed E-state index contributed by atoms with van der Waals surface area (Å²) in [6.45, 7) is 0. The molecule has 0 radical (unpaired) electrons. The summed E-state index contributed by atoms with van der Waals surface area (Å²) in [6, 6.07) is 22.6. The average Bonchev–Trinajstić information content (AvgIpc) is 3.16. The third kappa shape index (κ3) is 3.94. The molecule has 4 aromatic rings. The highest BCUT2D eigenvalue weighted by Crippen LogP contribution is 2.28. The first-order valence-electron chi connectivity index (χ1n) is 8.80. The summed E-state index contributed by atoms with van der Waals surface area (Å²) in [5.41, 5.74) is 3.75. The van der Waals surface area contributed by atoms with Crippen LogP contribution in [0, 0.1) is 0 Å². The van der Waals surface area contributed by atoms with Crippen molar-refractivity contribution in [3.05, 3.63) is 84.4 Å². The van der Waals surface area contributed by atoms with E-state index < -0.39 is 0 Å². The molecule has 0 unspecified atom stereocenters. The van der Waals surface area contributed by atoms with Crippen LogP contribution in [-0.2, 0) is 4.79 Å². The van der Waals surface area contributed by atoms with Crippen molar-refractivity contribution >= 4 is 28.8 Å². The number of nitrogens with one attached hydrogen (secondary N) is 1. The van der Waals surface area contributed by atoms with Crippen molar-refractivity contribution in [2.45, 2.75) is 0 Å². The van der Waals surface area contributed by atoms with Crippen LogP contribution in [0.5, 0.6) is 5.75 Å². The first-order chi connectivity index (χ1) is 13.7. The van der Waals surface area contributed by atoms with Crippen molar-refractivity contribution in [3.63, 3.8) is 0 Å². The Kier molecular flexibility index (Phi) is 4.89. The Labute approximate surface area is 162 Å². The van der Waals surface area contributed by atoms with E-state index in [0.29, 0.717) is 17.2 Å². The number of fused-ring (bicyclic) bond motifs is 1. The summed E-state index contributed by atoms with van der Waals surface area (Å²) in [5, 5.41) is 2.84. The van der Waals surface area contributed by atoms with Crippen molar-refractivity contribution in [1.29, 1.82) is 0 Å². The molecule has 1 heterocycles. The summed E-state index contributed by atoms with van der Waals surface area (Å²) in [4.78, 5) is 16.7. The van der Waals surface area contributed by atoms with Crippen LogP contribution >= 0.6 is 0 Å². The number of rotatable bonds is 5. The average molecular weight is 370 g/mol. The minimum absolute atomic E-state index is 0.212. The normalized spacial score (nSPS) is 11.0. The molecule has 5 heteroatoms. The van der Waals surface area contributed by atoms with Crippen LogP contribution < -0.4 is 10.1 Å². The molecule has 138 valence electrons. The van der Waals surface area contributed by atoms with Gasteiger partial charge in [0.05, 0.1) is 7.11 Å². The van der Waals surface area contributed by atoms with E-state index in [4.69, 9.17) is 9.15 Å². The molecule has 0 fully saturated rings. The topological polar surface area (TPSA) is 64.4 Å². The number of anilines is 1. The maximum Gasteiger partial charge on any atom is 0.248 e. The van der Waals surface area contributed by atoms with Crippen LogP contribution in [0.15, 0.2) is 83.3 Å². The molecule has 0 saturated carbocycles. The lowest BCUT2D eigenvalue weighted by Crippen LogP contribution is -2.07. The molecule has 0 saturated heterocycles. The van der Waals surface area contributed by atoms with Gasteiger partial charge in [-0.2, -0.15) is 0 Å². The van der Waals surface area contributed by atoms with Gasteiger partial charge in [-0.3, -0.25) is 4.79 Å². The first kappa shape index (κ1) is 17.5. The number of oxazole rings is 1. The highest BCUT2D eigenvalue weighted by molar-refractivity contribution is 6.02. The number of benzene rings is 3. The maximum atomic E-state index is 12.2. The Bertz CT molecular complexity index is 1150. The Morgan fingerprint density at radius 3 is 2.71 bits per heavy atom. The van der Waals surface area contributed by atoms with E-state index in [2.05, 4.69) is 10.3 Å². The Morgan fingerprint density at radius 1 is 1.04 bits per heavy atom. The van der Waals surface area contributed by atoms with Gasteiger partial charge < -0.3 is 14.5 Å². The SMILES string of the molecule is COc1cccc(-c2nc3ccc(NC(=O)/C=C/c4ccccc4)cc3o2)c1. The van der Waals surface area contributed by atoms with Gasteiger partial charge in [-0.15, -0.1) is 0 Å². The molecule has 0 bridgehead atoms. The number of nitrogens with zero attached hydrogens (tertiary/aromatic N) is 1. The molecule has 0 atom stereocenters. The fraction of sp³-hybridized carbons (Fsp3) is 0.0435. The van der Waals surface area contributed by atoms with Crippen LogP contribution in [0.4, 0.5) is 5.69 Å². The van der Waals surface area contributed by atoms with Crippen molar-refractivity contribution in [1.82, 2.24) is 4.98 Å². The number of amides is 1. The minimum atomic E-state index is -0.212. The molecule has 0 aliphatic heterocycles. The van der Waals surface area contributed by atoms with Crippen LogP contribution in [0.2, 0.25) is 0 Å². The molecular weight excluding hydrogens is 352 g/mol. The molecule has 28 heavy (non-hydrogen) atoms. The summed E-state index contributed by atoms with van der Waals surface area (Å²) < 4.78 is 11.1. The molecule has 5 nitrogen and oxygen atoms in total. The minimum Gasteiger partial charge on any atom is -0.497 e. The standard InChI is InChI=1S/C23H18N2O3/c1-27-19-9-5-8-17(14-19)23-25-20-12-11-18(15-21(20)28-23)24-22(26)13-10-16-6-3-2-4-7-16/h2-15H,1H3,(H,24,26)/b13-10+. The zero-order valence-electron chi connectivity index (χ0n) is 15.3. The van der Waals surface area contributed by atoms with Crippen LogP contribution in [0.25, 0.3) is 28.6 Å². The Hall–Kier alpha value is -3.86. The van der Waals surface area contributed by atoms with Gasteiger partial charge in [-0.05, 0) is 42.0 Å². The number of hydrogen-bond acceptors (Lipinski definition) is 4. The zero-order valence-corrected chi connectivity index (χ0v) is 15.3. The van der Waals surface area contributed by atoms with Gasteiger partial charge in [0.1, 0.15) is 11.3 Å². The summed E-state index contributed by atoms with van der Waals surface area (Å²) in [5.74, 6) is 1.02. The molecule has 0 aliphatic rings. The number of carbonyl (C=O) groups is 1. The molecule has 0 aliphatic carbocycles. The molecule has 0 spiro atoms. The second-order valence-corrected chi connectivity index (χ2v) is 6.17. The second-order valence-electron chi connectivity index (χ2n) is 6.17. The van der Waals surface area contributed by atoms with E-state index >= 15 is 0 Å². The van der Waals surface area contributed by atoms with Crippen molar-refractivity contribution < 1.29 is 13.9 Å². The highest BCUT2D eigenvalue weighted by atomic mass is 16.5. The Balaban J connectivity index is 1.53. The van der Waals surface area contributed by atoms with E-state index in [1.807, 2.05) is 60.7 Å². The van der Waals surface area contributed by atoms with E-state index in [1.165, 1.54) is 6.08 Å². The molecule has 1 N–H and O–H groups in total. The van der Waals surface area contributed by atoms with Gasteiger partial charge in [-0.1, -0.05) is 36.4 Å². The van der Waals surface area contributed by atoms with E-state index in [1.54, 1.807) is 25.3 Å². The monoisotopic (exact) mass is 370 g/mol. The van der Waals surface area contributed by atoms with Crippen LogP contribution in [0.3, 0.4) is 0 Å². The third-order valence-electron chi connectivity index (χ3n) is 4.20. The lowest BCUT2D eigenvalue weighted by Gasteiger charge is -2.01. The smallest absolute Gasteiger partial charge is 0.248 e. The number of methoxy groups -OCH3 is 1. The zero-order chi connectivity index (χ0) is 19.3. The van der Waals surface area contributed by atoms with E-state index in [0.717, 1.165) is 22.4 Å². The van der Waals surface area contributed by atoms with E-state index in [9.17, 15) is 4.79 Å². The largest absolute Gasteiger partial charge is 0.497 e. The molecule has 1 aromatic heterocycles. The quantitative estimate of drug-likeness (QED) is 0.493. The molecule has 3 aromatic carbocycles. The molecular formula is C23H18N2O3. The molecule has 4 rings (SSSR count). The fourth-order valence-electron chi connectivity index (χ4n) is 2.80. The van der Waals surface area contributed by atoms with Crippen LogP contribution in [-0.4, -0.2) is 18.0 Å². The van der Waals surface area contributed by atoms with Gasteiger partial charge >= 0.3 is 0 Å². The highest BCUT2D eigenvalue weighted by Gasteiger charge is 2.10. The van der Waals surface area contributed by atoms with Crippen LogP contribution in [0.1, 0.15) is 5.56 Å². The van der Waals surface area contributed by atoms with Gasteiger partial charge in [0, 0.05) is 23.4 Å². The van der Waals surface area contributed by atoms with E-state index in [-0.39, 0.29) is 5.91 Å². The Morgan fingerprint density at radius 2 is 1.89 bits per heavy atom. The van der Waals surface area contributed by atoms with Gasteiger partial charge in [0.25, 0.3) is 0 Å². The summed E-state index contributed by atoms with van der Waals surface area (Å²) in [7, 11) is 1.62. The third-order valence-corrected chi connectivity index (χ3v) is 4.20. The number of aromatic nitrogens is 1.